The minimum Gasteiger partial charge on any atom is -0.314 e. The maximum absolute atomic E-state index is 11.8. The van der Waals surface area contributed by atoms with E-state index in [0.717, 1.165) is 19.4 Å². The van der Waals surface area contributed by atoms with Crippen LogP contribution in [0, 0.1) is 18.8 Å². The molecule has 4 heteroatoms. The summed E-state index contributed by atoms with van der Waals surface area (Å²) < 4.78 is 23.6. The van der Waals surface area contributed by atoms with Crippen LogP contribution in [0.4, 0.5) is 0 Å². The number of aryl methyl sites for hydroxylation is 1. The van der Waals surface area contributed by atoms with Crippen molar-refractivity contribution in [2.75, 3.05) is 18.1 Å². The molecule has 1 saturated carbocycles. The van der Waals surface area contributed by atoms with E-state index in [-0.39, 0.29) is 0 Å². The highest BCUT2D eigenvalue weighted by Crippen LogP contribution is 2.29. The lowest BCUT2D eigenvalue weighted by atomic mass is 9.86. The SMILES string of the molecule is Cc1cccc(CC(CNC2CC2)C2CCS(=O)(=O)C2)c1. The fraction of sp³-hybridized carbons (Fsp3) is 0.647. The van der Waals surface area contributed by atoms with Gasteiger partial charge in [-0.3, -0.25) is 0 Å². The quantitative estimate of drug-likeness (QED) is 0.877. The molecule has 2 aliphatic rings. The summed E-state index contributed by atoms with van der Waals surface area (Å²) >= 11 is 0. The van der Waals surface area contributed by atoms with Crippen LogP contribution in [-0.4, -0.2) is 32.5 Å². The Labute approximate surface area is 128 Å². The minimum atomic E-state index is -2.79. The molecule has 2 unspecified atom stereocenters. The van der Waals surface area contributed by atoms with Crippen molar-refractivity contribution in [3.05, 3.63) is 35.4 Å². The molecular weight excluding hydrogens is 282 g/mol. The Kier molecular flexibility index (Phi) is 4.36. The fourth-order valence-electron chi connectivity index (χ4n) is 3.35. The molecule has 116 valence electrons. The van der Waals surface area contributed by atoms with Gasteiger partial charge in [0, 0.05) is 6.04 Å². The van der Waals surface area contributed by atoms with E-state index >= 15 is 0 Å². The molecule has 2 fully saturated rings. The van der Waals surface area contributed by atoms with Crippen molar-refractivity contribution >= 4 is 9.84 Å². The van der Waals surface area contributed by atoms with Crippen LogP contribution in [0.15, 0.2) is 24.3 Å². The van der Waals surface area contributed by atoms with Gasteiger partial charge < -0.3 is 5.32 Å². The average molecular weight is 307 g/mol. The summed E-state index contributed by atoms with van der Waals surface area (Å²) in [7, 11) is -2.79. The lowest BCUT2D eigenvalue weighted by Crippen LogP contribution is -2.31. The minimum absolute atomic E-state index is 0.321. The van der Waals surface area contributed by atoms with Crippen LogP contribution >= 0.6 is 0 Å². The summed E-state index contributed by atoms with van der Waals surface area (Å²) in [5, 5.41) is 3.60. The second-order valence-electron chi connectivity index (χ2n) is 6.80. The molecule has 1 aromatic carbocycles. The summed E-state index contributed by atoms with van der Waals surface area (Å²) in [6.07, 6.45) is 4.38. The topological polar surface area (TPSA) is 46.2 Å². The number of rotatable bonds is 6. The van der Waals surface area contributed by atoms with Gasteiger partial charge in [-0.1, -0.05) is 29.8 Å². The predicted octanol–water partition coefficient (Wildman–Crippen LogP) is 2.34. The van der Waals surface area contributed by atoms with Crippen LogP contribution in [0.3, 0.4) is 0 Å². The second-order valence-corrected chi connectivity index (χ2v) is 9.03. The van der Waals surface area contributed by atoms with Crippen molar-refractivity contribution in [1.29, 1.82) is 0 Å². The maximum Gasteiger partial charge on any atom is 0.150 e. The molecule has 0 spiro atoms. The second kappa shape index (κ2) is 6.09. The first-order chi connectivity index (χ1) is 10.0. The molecule has 0 aromatic heterocycles. The molecule has 1 aliphatic heterocycles. The Morgan fingerprint density at radius 3 is 2.71 bits per heavy atom. The van der Waals surface area contributed by atoms with E-state index in [1.165, 1.54) is 24.0 Å². The predicted molar refractivity (Wildman–Crippen MR) is 86.2 cm³/mol. The van der Waals surface area contributed by atoms with Crippen molar-refractivity contribution in [3.8, 4) is 0 Å². The van der Waals surface area contributed by atoms with Crippen LogP contribution in [0.25, 0.3) is 0 Å². The lowest BCUT2D eigenvalue weighted by Gasteiger charge is -2.23. The van der Waals surface area contributed by atoms with Crippen molar-refractivity contribution in [1.82, 2.24) is 5.32 Å². The standard InChI is InChI=1S/C17H25NO2S/c1-13-3-2-4-14(9-13)10-16(11-18-17-5-6-17)15-7-8-21(19,20)12-15/h2-4,9,15-18H,5-8,10-12H2,1H3. The van der Waals surface area contributed by atoms with Gasteiger partial charge in [-0.2, -0.15) is 0 Å². The Balaban J connectivity index is 1.68. The zero-order chi connectivity index (χ0) is 14.9. The summed E-state index contributed by atoms with van der Waals surface area (Å²) in [5.74, 6) is 1.52. The third-order valence-electron chi connectivity index (χ3n) is 4.76. The Hall–Kier alpha value is -0.870. The van der Waals surface area contributed by atoms with Crippen LogP contribution < -0.4 is 5.32 Å². The summed E-state index contributed by atoms with van der Waals surface area (Å²) in [6.45, 7) is 3.07. The van der Waals surface area contributed by atoms with E-state index < -0.39 is 9.84 Å². The molecule has 1 aromatic rings. The number of hydrogen-bond donors (Lipinski definition) is 1. The molecule has 1 saturated heterocycles. The zero-order valence-corrected chi connectivity index (χ0v) is 13.5. The zero-order valence-electron chi connectivity index (χ0n) is 12.7. The Bertz CT molecular complexity index is 593. The van der Waals surface area contributed by atoms with Crippen molar-refractivity contribution in [3.63, 3.8) is 0 Å². The molecule has 1 heterocycles. The van der Waals surface area contributed by atoms with Gasteiger partial charge in [0.2, 0.25) is 0 Å². The van der Waals surface area contributed by atoms with Crippen LogP contribution in [-0.2, 0) is 16.3 Å². The molecule has 3 rings (SSSR count). The first kappa shape index (κ1) is 15.0. The highest BCUT2D eigenvalue weighted by molar-refractivity contribution is 7.91. The summed E-state index contributed by atoms with van der Waals surface area (Å²) in [5.41, 5.74) is 2.61. The normalized spacial score (nSPS) is 25.9. The largest absolute Gasteiger partial charge is 0.314 e. The molecule has 21 heavy (non-hydrogen) atoms. The third kappa shape index (κ3) is 4.30. The molecule has 2 atom stereocenters. The molecule has 1 N–H and O–H groups in total. The van der Waals surface area contributed by atoms with E-state index in [1.807, 2.05) is 0 Å². The first-order valence-corrected chi connectivity index (χ1v) is 9.83. The molecule has 1 aliphatic carbocycles. The van der Waals surface area contributed by atoms with Gasteiger partial charge >= 0.3 is 0 Å². The number of benzene rings is 1. The highest BCUT2D eigenvalue weighted by Gasteiger charge is 2.34. The average Bonchev–Trinajstić information content (AvgIpc) is 3.17. The monoisotopic (exact) mass is 307 g/mol. The van der Waals surface area contributed by atoms with E-state index in [9.17, 15) is 8.42 Å². The summed E-state index contributed by atoms with van der Waals surface area (Å²) in [6, 6.07) is 9.29. The third-order valence-corrected chi connectivity index (χ3v) is 6.55. The van der Waals surface area contributed by atoms with Gasteiger partial charge in [0.25, 0.3) is 0 Å². The number of sulfone groups is 1. The van der Waals surface area contributed by atoms with E-state index in [2.05, 4.69) is 36.5 Å². The van der Waals surface area contributed by atoms with E-state index in [1.54, 1.807) is 0 Å². The van der Waals surface area contributed by atoms with Gasteiger partial charge in [-0.05, 0) is 56.6 Å². The number of hydrogen-bond acceptors (Lipinski definition) is 3. The maximum atomic E-state index is 11.8. The van der Waals surface area contributed by atoms with Crippen molar-refractivity contribution < 1.29 is 8.42 Å². The smallest absolute Gasteiger partial charge is 0.150 e. The van der Waals surface area contributed by atoms with Gasteiger partial charge in [0.15, 0.2) is 9.84 Å². The number of nitrogens with one attached hydrogen (secondary N) is 1. The van der Waals surface area contributed by atoms with Crippen LogP contribution in [0.1, 0.15) is 30.4 Å². The Morgan fingerprint density at radius 1 is 1.29 bits per heavy atom. The molecule has 0 amide bonds. The van der Waals surface area contributed by atoms with Gasteiger partial charge in [0.05, 0.1) is 11.5 Å². The summed E-state index contributed by atoms with van der Waals surface area (Å²) in [4.78, 5) is 0. The fourth-order valence-corrected chi connectivity index (χ4v) is 5.27. The first-order valence-electron chi connectivity index (χ1n) is 8.01. The molecule has 0 radical (unpaired) electrons. The van der Waals surface area contributed by atoms with Crippen molar-refractivity contribution in [2.45, 2.75) is 38.6 Å². The van der Waals surface area contributed by atoms with Crippen LogP contribution in [0.2, 0.25) is 0 Å². The van der Waals surface area contributed by atoms with Crippen LogP contribution in [0.5, 0.6) is 0 Å². The molecular formula is C17H25NO2S. The van der Waals surface area contributed by atoms with E-state index in [0.29, 0.717) is 29.4 Å². The highest BCUT2D eigenvalue weighted by atomic mass is 32.2. The Morgan fingerprint density at radius 2 is 2.10 bits per heavy atom. The molecule has 0 bridgehead atoms. The molecule has 3 nitrogen and oxygen atoms in total. The van der Waals surface area contributed by atoms with Crippen molar-refractivity contribution in [2.24, 2.45) is 11.8 Å². The van der Waals surface area contributed by atoms with E-state index in [4.69, 9.17) is 0 Å². The van der Waals surface area contributed by atoms with Gasteiger partial charge in [-0.25, -0.2) is 8.42 Å². The lowest BCUT2D eigenvalue weighted by molar-refractivity contribution is 0.342. The van der Waals surface area contributed by atoms with Gasteiger partial charge in [-0.15, -0.1) is 0 Å². The van der Waals surface area contributed by atoms with Gasteiger partial charge in [0.1, 0.15) is 0 Å².